The maximum absolute atomic E-state index is 5.33. The van der Waals surface area contributed by atoms with E-state index in [1.54, 1.807) is 7.11 Å². The van der Waals surface area contributed by atoms with E-state index in [0.29, 0.717) is 0 Å². The van der Waals surface area contributed by atoms with Gasteiger partial charge < -0.3 is 10.1 Å². The first-order valence-electron chi connectivity index (χ1n) is 6.35. The van der Waals surface area contributed by atoms with E-state index in [1.807, 2.05) is 12.1 Å². The lowest BCUT2D eigenvalue weighted by molar-refractivity contribution is 0.412. The number of anilines is 1. The van der Waals surface area contributed by atoms with Crippen molar-refractivity contribution in [3.63, 3.8) is 0 Å². The molecular formula is C16H17Br2NO. The summed E-state index contributed by atoms with van der Waals surface area (Å²) in [5.41, 5.74) is 4.97. The van der Waals surface area contributed by atoms with Crippen molar-refractivity contribution in [1.82, 2.24) is 0 Å². The molecule has 0 atom stereocenters. The van der Waals surface area contributed by atoms with Crippen LogP contribution in [-0.4, -0.2) is 7.11 Å². The Morgan fingerprint density at radius 2 is 1.85 bits per heavy atom. The molecule has 0 aromatic heterocycles. The molecule has 0 radical (unpaired) electrons. The molecule has 0 spiro atoms. The van der Waals surface area contributed by atoms with Crippen LogP contribution in [-0.2, 0) is 6.54 Å². The van der Waals surface area contributed by atoms with Gasteiger partial charge in [-0.3, -0.25) is 0 Å². The standard InChI is InChI=1S/C16H17Br2NO/c1-10-5-4-6-12(11(10)2)9-19-15-8-16(20-3)14(18)7-13(15)17/h4-8,19H,9H2,1-3H3. The SMILES string of the molecule is COc1cc(NCc2cccc(C)c2C)c(Br)cc1Br. The Morgan fingerprint density at radius 1 is 1.10 bits per heavy atom. The molecule has 0 aliphatic heterocycles. The zero-order valence-corrected chi connectivity index (χ0v) is 14.9. The summed E-state index contributed by atoms with van der Waals surface area (Å²) in [5, 5.41) is 3.45. The van der Waals surface area contributed by atoms with Gasteiger partial charge >= 0.3 is 0 Å². The average Bonchev–Trinajstić information content (AvgIpc) is 2.42. The molecule has 106 valence electrons. The Bertz CT molecular complexity index is 626. The van der Waals surface area contributed by atoms with Crippen molar-refractivity contribution >= 4 is 37.5 Å². The van der Waals surface area contributed by atoms with Crippen LogP contribution < -0.4 is 10.1 Å². The predicted molar refractivity (Wildman–Crippen MR) is 91.6 cm³/mol. The average molecular weight is 399 g/mol. The zero-order valence-electron chi connectivity index (χ0n) is 11.8. The van der Waals surface area contributed by atoms with Crippen LogP contribution in [0.5, 0.6) is 5.75 Å². The molecular weight excluding hydrogens is 382 g/mol. The molecule has 0 aliphatic rings. The van der Waals surface area contributed by atoms with E-state index in [1.165, 1.54) is 16.7 Å². The van der Waals surface area contributed by atoms with Crippen LogP contribution in [0.3, 0.4) is 0 Å². The van der Waals surface area contributed by atoms with Crippen molar-refractivity contribution < 1.29 is 4.74 Å². The smallest absolute Gasteiger partial charge is 0.135 e. The van der Waals surface area contributed by atoms with E-state index in [-0.39, 0.29) is 0 Å². The minimum Gasteiger partial charge on any atom is -0.495 e. The highest BCUT2D eigenvalue weighted by Crippen LogP contribution is 2.34. The predicted octanol–water partition coefficient (Wildman–Crippen LogP) is 5.45. The van der Waals surface area contributed by atoms with Crippen molar-refractivity contribution in [2.24, 2.45) is 0 Å². The second kappa shape index (κ2) is 6.64. The number of hydrogen-bond acceptors (Lipinski definition) is 2. The Morgan fingerprint density at radius 3 is 2.55 bits per heavy atom. The molecule has 0 saturated carbocycles. The van der Waals surface area contributed by atoms with Gasteiger partial charge in [-0.05, 0) is 68.5 Å². The third kappa shape index (κ3) is 3.36. The van der Waals surface area contributed by atoms with Gasteiger partial charge in [0.1, 0.15) is 5.75 Å². The fraction of sp³-hybridized carbons (Fsp3) is 0.250. The van der Waals surface area contributed by atoms with E-state index in [9.17, 15) is 0 Å². The molecule has 1 N–H and O–H groups in total. The van der Waals surface area contributed by atoms with Gasteiger partial charge in [0.2, 0.25) is 0 Å². The summed E-state index contributed by atoms with van der Waals surface area (Å²) in [4.78, 5) is 0. The third-order valence-electron chi connectivity index (χ3n) is 3.43. The van der Waals surface area contributed by atoms with Gasteiger partial charge in [-0.2, -0.15) is 0 Å². The first kappa shape index (κ1) is 15.4. The topological polar surface area (TPSA) is 21.3 Å². The number of nitrogens with one attached hydrogen (secondary N) is 1. The van der Waals surface area contributed by atoms with Gasteiger partial charge in [-0.15, -0.1) is 0 Å². The maximum Gasteiger partial charge on any atom is 0.135 e. The van der Waals surface area contributed by atoms with Crippen LogP contribution in [0.25, 0.3) is 0 Å². The van der Waals surface area contributed by atoms with Crippen LogP contribution in [0, 0.1) is 13.8 Å². The van der Waals surface area contributed by atoms with Crippen LogP contribution in [0.2, 0.25) is 0 Å². The van der Waals surface area contributed by atoms with Gasteiger partial charge in [-0.25, -0.2) is 0 Å². The van der Waals surface area contributed by atoms with Crippen LogP contribution >= 0.6 is 31.9 Å². The quantitative estimate of drug-likeness (QED) is 0.739. The molecule has 0 fully saturated rings. The van der Waals surface area contributed by atoms with Gasteiger partial charge in [-0.1, -0.05) is 18.2 Å². The summed E-state index contributed by atoms with van der Waals surface area (Å²) < 4.78 is 7.27. The van der Waals surface area contributed by atoms with Crippen molar-refractivity contribution in [3.05, 3.63) is 56.0 Å². The number of halogens is 2. The molecule has 2 aromatic carbocycles. The summed E-state index contributed by atoms with van der Waals surface area (Å²) in [6, 6.07) is 10.4. The Kier molecular flexibility index (Phi) is 5.11. The monoisotopic (exact) mass is 397 g/mol. The van der Waals surface area contributed by atoms with Crippen molar-refractivity contribution in [3.8, 4) is 5.75 Å². The first-order chi connectivity index (χ1) is 9.52. The lowest BCUT2D eigenvalue weighted by Crippen LogP contribution is -2.03. The van der Waals surface area contributed by atoms with Gasteiger partial charge in [0.05, 0.1) is 17.3 Å². The number of rotatable bonds is 4. The molecule has 0 amide bonds. The summed E-state index contributed by atoms with van der Waals surface area (Å²) in [6.45, 7) is 5.08. The molecule has 2 nitrogen and oxygen atoms in total. The molecule has 0 saturated heterocycles. The number of aryl methyl sites for hydroxylation is 1. The Hall–Kier alpha value is -1.000. The Labute approximate surface area is 136 Å². The number of ether oxygens (including phenoxy) is 1. The lowest BCUT2D eigenvalue weighted by atomic mass is 10.0. The van der Waals surface area contributed by atoms with E-state index in [0.717, 1.165) is 26.9 Å². The van der Waals surface area contributed by atoms with Crippen molar-refractivity contribution in [2.75, 3.05) is 12.4 Å². The van der Waals surface area contributed by atoms with Crippen LogP contribution in [0.1, 0.15) is 16.7 Å². The van der Waals surface area contributed by atoms with Crippen LogP contribution in [0.15, 0.2) is 39.3 Å². The molecule has 20 heavy (non-hydrogen) atoms. The fourth-order valence-corrected chi connectivity index (χ4v) is 3.31. The van der Waals surface area contributed by atoms with Crippen LogP contribution in [0.4, 0.5) is 5.69 Å². The molecule has 2 aromatic rings. The normalized spacial score (nSPS) is 10.4. The number of methoxy groups -OCH3 is 1. The van der Waals surface area contributed by atoms with Crippen molar-refractivity contribution in [2.45, 2.75) is 20.4 Å². The van der Waals surface area contributed by atoms with Gasteiger partial charge in [0.25, 0.3) is 0 Å². The number of benzene rings is 2. The van der Waals surface area contributed by atoms with Crippen molar-refractivity contribution in [1.29, 1.82) is 0 Å². The minimum atomic E-state index is 0.789. The highest BCUT2D eigenvalue weighted by atomic mass is 79.9. The highest BCUT2D eigenvalue weighted by molar-refractivity contribution is 9.11. The molecule has 0 bridgehead atoms. The van der Waals surface area contributed by atoms with Gasteiger partial charge in [0.15, 0.2) is 0 Å². The summed E-state index contributed by atoms with van der Waals surface area (Å²) in [7, 11) is 1.67. The molecule has 4 heteroatoms. The van der Waals surface area contributed by atoms with E-state index >= 15 is 0 Å². The largest absolute Gasteiger partial charge is 0.495 e. The first-order valence-corrected chi connectivity index (χ1v) is 7.93. The zero-order chi connectivity index (χ0) is 14.7. The summed E-state index contributed by atoms with van der Waals surface area (Å²) in [6.07, 6.45) is 0. The third-order valence-corrected chi connectivity index (χ3v) is 4.70. The summed E-state index contributed by atoms with van der Waals surface area (Å²) >= 11 is 7.04. The number of hydrogen-bond donors (Lipinski definition) is 1. The van der Waals surface area contributed by atoms with Gasteiger partial charge in [0, 0.05) is 17.1 Å². The van der Waals surface area contributed by atoms with E-state index in [4.69, 9.17) is 4.74 Å². The van der Waals surface area contributed by atoms with E-state index in [2.05, 4.69) is 69.2 Å². The fourth-order valence-electron chi connectivity index (χ4n) is 2.01. The molecule has 0 aliphatic carbocycles. The maximum atomic E-state index is 5.33. The lowest BCUT2D eigenvalue weighted by Gasteiger charge is -2.14. The highest BCUT2D eigenvalue weighted by Gasteiger charge is 2.08. The Balaban J connectivity index is 2.21. The second-order valence-corrected chi connectivity index (χ2v) is 6.39. The molecule has 2 rings (SSSR count). The minimum absolute atomic E-state index is 0.789. The summed E-state index contributed by atoms with van der Waals surface area (Å²) in [5.74, 6) is 0.816. The van der Waals surface area contributed by atoms with E-state index < -0.39 is 0 Å². The second-order valence-electron chi connectivity index (χ2n) is 4.68. The molecule has 0 heterocycles. The molecule has 0 unspecified atom stereocenters.